The number of hydrogen-bond donors (Lipinski definition) is 1. The lowest BCUT2D eigenvalue weighted by Gasteiger charge is -2.18. The Kier molecular flexibility index (Phi) is 4.77. The van der Waals surface area contributed by atoms with Crippen LogP contribution in [0.5, 0.6) is 0 Å². The molecular weight excluding hydrogens is 315 g/mol. The van der Waals surface area contributed by atoms with Gasteiger partial charge in [-0.2, -0.15) is 5.26 Å². The minimum absolute atomic E-state index is 0.0368. The van der Waals surface area contributed by atoms with Crippen LogP contribution in [-0.4, -0.2) is 0 Å². The predicted molar refractivity (Wildman–Crippen MR) is 84.7 cm³/mol. The fourth-order valence-corrected chi connectivity index (χ4v) is 2.55. The van der Waals surface area contributed by atoms with Gasteiger partial charge in [0.25, 0.3) is 0 Å². The normalized spacial score (nSPS) is 11.8. The second-order valence-electron chi connectivity index (χ2n) is 4.32. The quantitative estimate of drug-likeness (QED) is 0.736. The van der Waals surface area contributed by atoms with Gasteiger partial charge >= 0.3 is 0 Å². The SMILES string of the molecule is CC(Nc1ccc(C#N)cc1)c1ccc(Cl)c(Cl)c1Cl. The van der Waals surface area contributed by atoms with Gasteiger partial charge < -0.3 is 5.32 Å². The molecular formula is C15H11Cl3N2. The van der Waals surface area contributed by atoms with Crippen molar-refractivity contribution in [1.82, 2.24) is 0 Å². The predicted octanol–water partition coefficient (Wildman–Crippen LogP) is 5.69. The fraction of sp³-hybridized carbons (Fsp3) is 0.133. The molecule has 1 N–H and O–H groups in total. The van der Waals surface area contributed by atoms with Crippen molar-refractivity contribution in [2.45, 2.75) is 13.0 Å². The highest BCUT2D eigenvalue weighted by molar-refractivity contribution is 6.48. The zero-order chi connectivity index (χ0) is 14.7. The van der Waals surface area contributed by atoms with Crippen molar-refractivity contribution < 1.29 is 0 Å². The molecule has 1 atom stereocenters. The highest BCUT2D eigenvalue weighted by Crippen LogP contribution is 2.36. The molecule has 0 radical (unpaired) electrons. The van der Waals surface area contributed by atoms with Gasteiger partial charge in [0, 0.05) is 5.69 Å². The van der Waals surface area contributed by atoms with Gasteiger partial charge in [0.2, 0.25) is 0 Å². The topological polar surface area (TPSA) is 35.8 Å². The summed E-state index contributed by atoms with van der Waals surface area (Å²) < 4.78 is 0. The Morgan fingerprint density at radius 1 is 1.00 bits per heavy atom. The van der Waals surface area contributed by atoms with Crippen molar-refractivity contribution in [3.8, 4) is 6.07 Å². The van der Waals surface area contributed by atoms with Crippen molar-refractivity contribution in [3.63, 3.8) is 0 Å². The van der Waals surface area contributed by atoms with Gasteiger partial charge in [0.1, 0.15) is 0 Å². The van der Waals surface area contributed by atoms with Gasteiger partial charge in [-0.1, -0.05) is 40.9 Å². The van der Waals surface area contributed by atoms with Crippen molar-refractivity contribution >= 4 is 40.5 Å². The molecule has 0 saturated heterocycles. The van der Waals surface area contributed by atoms with Crippen LogP contribution in [-0.2, 0) is 0 Å². The molecule has 0 aliphatic carbocycles. The highest BCUT2D eigenvalue weighted by atomic mass is 35.5. The van der Waals surface area contributed by atoms with Crippen LogP contribution < -0.4 is 5.32 Å². The van der Waals surface area contributed by atoms with Crippen LogP contribution in [0.3, 0.4) is 0 Å². The minimum atomic E-state index is -0.0368. The van der Waals surface area contributed by atoms with Crippen LogP contribution in [0.25, 0.3) is 0 Å². The summed E-state index contributed by atoms with van der Waals surface area (Å²) in [6.07, 6.45) is 0. The summed E-state index contributed by atoms with van der Waals surface area (Å²) in [6.45, 7) is 1.98. The second-order valence-corrected chi connectivity index (χ2v) is 5.48. The van der Waals surface area contributed by atoms with E-state index in [4.69, 9.17) is 40.1 Å². The van der Waals surface area contributed by atoms with Crippen LogP contribution in [0.4, 0.5) is 5.69 Å². The third-order valence-electron chi connectivity index (χ3n) is 2.93. The molecule has 5 heteroatoms. The molecule has 0 aliphatic heterocycles. The Morgan fingerprint density at radius 2 is 1.65 bits per heavy atom. The Bertz CT molecular complexity index is 660. The zero-order valence-corrected chi connectivity index (χ0v) is 12.9. The monoisotopic (exact) mass is 324 g/mol. The zero-order valence-electron chi connectivity index (χ0n) is 10.6. The van der Waals surface area contributed by atoms with Crippen LogP contribution in [0, 0.1) is 11.3 Å². The van der Waals surface area contributed by atoms with Crippen molar-refractivity contribution in [2.75, 3.05) is 5.32 Å². The fourth-order valence-electron chi connectivity index (χ4n) is 1.84. The maximum Gasteiger partial charge on any atom is 0.0991 e. The van der Waals surface area contributed by atoms with Crippen LogP contribution >= 0.6 is 34.8 Å². The molecule has 0 saturated carbocycles. The molecule has 0 heterocycles. The third-order valence-corrected chi connectivity index (χ3v) is 4.24. The first-order valence-electron chi connectivity index (χ1n) is 5.93. The van der Waals surface area contributed by atoms with Crippen molar-refractivity contribution in [2.24, 2.45) is 0 Å². The van der Waals surface area contributed by atoms with Gasteiger partial charge in [-0.05, 0) is 42.8 Å². The van der Waals surface area contributed by atoms with E-state index in [1.807, 2.05) is 25.1 Å². The Hall–Kier alpha value is -1.40. The van der Waals surface area contributed by atoms with E-state index in [0.717, 1.165) is 11.3 Å². The van der Waals surface area contributed by atoms with Crippen LogP contribution in [0.15, 0.2) is 36.4 Å². The number of nitrogens with zero attached hydrogens (tertiary/aromatic N) is 1. The van der Waals surface area contributed by atoms with E-state index in [-0.39, 0.29) is 6.04 Å². The Labute approximate surface area is 132 Å². The molecule has 0 fully saturated rings. The van der Waals surface area contributed by atoms with E-state index in [0.29, 0.717) is 20.6 Å². The lowest BCUT2D eigenvalue weighted by atomic mass is 10.1. The number of anilines is 1. The summed E-state index contributed by atoms with van der Waals surface area (Å²) in [5, 5.41) is 13.3. The molecule has 0 spiro atoms. The molecule has 2 nitrogen and oxygen atoms in total. The molecule has 102 valence electrons. The minimum Gasteiger partial charge on any atom is -0.378 e. The third kappa shape index (κ3) is 3.19. The summed E-state index contributed by atoms with van der Waals surface area (Å²) in [7, 11) is 0. The first kappa shape index (κ1) is 15.0. The number of hydrogen-bond acceptors (Lipinski definition) is 2. The first-order valence-corrected chi connectivity index (χ1v) is 7.06. The molecule has 2 rings (SSSR count). The van der Waals surface area contributed by atoms with Crippen LogP contribution in [0.2, 0.25) is 15.1 Å². The lowest BCUT2D eigenvalue weighted by molar-refractivity contribution is 0.885. The summed E-state index contributed by atoms with van der Waals surface area (Å²) in [4.78, 5) is 0. The van der Waals surface area contributed by atoms with Gasteiger partial charge in [0.05, 0.1) is 32.7 Å². The molecule has 0 aliphatic rings. The van der Waals surface area contributed by atoms with Gasteiger partial charge in [0.15, 0.2) is 0 Å². The molecule has 0 bridgehead atoms. The van der Waals surface area contributed by atoms with E-state index < -0.39 is 0 Å². The van der Waals surface area contributed by atoms with Gasteiger partial charge in [-0.3, -0.25) is 0 Å². The first-order chi connectivity index (χ1) is 9.52. The number of nitriles is 1. The van der Waals surface area contributed by atoms with E-state index >= 15 is 0 Å². The summed E-state index contributed by atoms with van der Waals surface area (Å²) in [5.74, 6) is 0. The maximum atomic E-state index is 8.77. The Balaban J connectivity index is 2.21. The van der Waals surface area contributed by atoms with Crippen molar-refractivity contribution in [3.05, 3.63) is 62.6 Å². The number of halogens is 3. The highest BCUT2D eigenvalue weighted by Gasteiger charge is 2.14. The average molecular weight is 326 g/mol. The average Bonchev–Trinajstić information content (AvgIpc) is 2.45. The standard InChI is InChI=1S/C15H11Cl3N2/c1-9(12-6-7-13(16)15(18)14(12)17)20-11-4-2-10(8-19)3-5-11/h2-7,9,20H,1H3. The maximum absolute atomic E-state index is 8.77. The number of nitrogens with one attached hydrogen (secondary N) is 1. The number of rotatable bonds is 3. The molecule has 1 unspecified atom stereocenters. The van der Waals surface area contributed by atoms with Crippen LogP contribution in [0.1, 0.15) is 24.1 Å². The molecule has 2 aromatic carbocycles. The smallest absolute Gasteiger partial charge is 0.0991 e. The lowest BCUT2D eigenvalue weighted by Crippen LogP contribution is -2.07. The molecule has 0 aromatic heterocycles. The molecule has 20 heavy (non-hydrogen) atoms. The number of benzene rings is 2. The van der Waals surface area contributed by atoms with E-state index in [9.17, 15) is 0 Å². The van der Waals surface area contributed by atoms with Crippen molar-refractivity contribution in [1.29, 1.82) is 5.26 Å². The van der Waals surface area contributed by atoms with E-state index in [1.165, 1.54) is 0 Å². The Morgan fingerprint density at radius 3 is 2.25 bits per heavy atom. The van der Waals surface area contributed by atoms with Gasteiger partial charge in [-0.25, -0.2) is 0 Å². The van der Waals surface area contributed by atoms with E-state index in [1.54, 1.807) is 18.2 Å². The van der Waals surface area contributed by atoms with E-state index in [2.05, 4.69) is 11.4 Å². The summed E-state index contributed by atoms with van der Waals surface area (Å²) in [6, 6.07) is 12.8. The summed E-state index contributed by atoms with van der Waals surface area (Å²) in [5.41, 5.74) is 2.39. The van der Waals surface area contributed by atoms with Gasteiger partial charge in [-0.15, -0.1) is 0 Å². The molecule has 0 amide bonds. The summed E-state index contributed by atoms with van der Waals surface area (Å²) >= 11 is 18.2. The second kappa shape index (κ2) is 6.37. The molecule has 2 aromatic rings. The largest absolute Gasteiger partial charge is 0.378 e.